The Hall–Kier alpha value is -3.82. The fourth-order valence-electron chi connectivity index (χ4n) is 5.34. The minimum Gasteiger partial charge on any atom is -0.396 e. The van der Waals surface area contributed by atoms with Crippen LogP contribution < -0.4 is 10.6 Å². The molecule has 0 saturated carbocycles. The Balaban J connectivity index is 1.26. The zero-order valence-electron chi connectivity index (χ0n) is 23.3. The maximum Gasteiger partial charge on any atom is 0.255 e. The molecule has 1 fully saturated rings. The van der Waals surface area contributed by atoms with E-state index in [1.54, 1.807) is 18.0 Å². The summed E-state index contributed by atoms with van der Waals surface area (Å²) in [6.45, 7) is 7.72. The van der Waals surface area contributed by atoms with Gasteiger partial charge in [0.2, 0.25) is 11.9 Å². The van der Waals surface area contributed by atoms with Crippen LogP contribution in [0.2, 0.25) is 0 Å². The molecule has 9 heteroatoms. The second-order valence-corrected chi connectivity index (χ2v) is 10.8. The molecule has 3 N–H and O–H groups in total. The Morgan fingerprint density at radius 1 is 1.18 bits per heavy atom. The minimum atomic E-state index is -0.656. The van der Waals surface area contributed by atoms with Gasteiger partial charge in [-0.05, 0) is 56.4 Å². The smallest absolute Gasteiger partial charge is 0.255 e. The van der Waals surface area contributed by atoms with E-state index in [0.717, 1.165) is 59.6 Å². The number of carbonyl (C=O) groups is 2. The van der Waals surface area contributed by atoms with Gasteiger partial charge in [0.15, 0.2) is 0 Å². The summed E-state index contributed by atoms with van der Waals surface area (Å²) in [4.78, 5) is 37.3. The number of carbonyl (C=O) groups excluding carboxylic acids is 2. The van der Waals surface area contributed by atoms with E-state index in [9.17, 15) is 14.7 Å². The first-order chi connectivity index (χ1) is 19.3. The predicted molar refractivity (Wildman–Crippen MR) is 153 cm³/mol. The van der Waals surface area contributed by atoms with E-state index in [1.165, 1.54) is 0 Å². The van der Waals surface area contributed by atoms with E-state index in [4.69, 9.17) is 9.72 Å². The number of aliphatic hydroxyl groups is 1. The third kappa shape index (κ3) is 6.00. The Kier molecular flexibility index (Phi) is 8.42. The number of hydrogen-bond acceptors (Lipinski definition) is 7. The molecule has 3 heterocycles. The number of fused-ring (bicyclic) bond motifs is 1. The number of rotatable bonds is 9. The predicted octanol–water partition coefficient (Wildman–Crippen LogP) is 3.59. The van der Waals surface area contributed by atoms with Crippen molar-refractivity contribution in [3.8, 4) is 11.3 Å². The zero-order chi connectivity index (χ0) is 28.2. The van der Waals surface area contributed by atoms with E-state index in [1.807, 2.05) is 56.3 Å². The van der Waals surface area contributed by atoms with Crippen LogP contribution >= 0.6 is 0 Å². The number of anilines is 1. The van der Waals surface area contributed by atoms with Crippen molar-refractivity contribution in [2.75, 3.05) is 31.7 Å². The molecule has 3 aromatic rings. The Morgan fingerprint density at radius 3 is 2.73 bits per heavy atom. The highest BCUT2D eigenvalue weighted by Gasteiger charge is 2.34. The number of aromatic nitrogens is 2. The molecule has 0 bridgehead atoms. The number of benzene rings is 2. The first kappa shape index (κ1) is 27.7. The highest BCUT2D eigenvalue weighted by atomic mass is 16.5. The van der Waals surface area contributed by atoms with Gasteiger partial charge in [0, 0.05) is 55.6 Å². The summed E-state index contributed by atoms with van der Waals surface area (Å²) in [6.07, 6.45) is 3.62. The monoisotopic (exact) mass is 543 g/mol. The summed E-state index contributed by atoms with van der Waals surface area (Å²) >= 11 is 0. The van der Waals surface area contributed by atoms with Gasteiger partial charge in [-0.25, -0.2) is 9.97 Å². The molecule has 0 spiro atoms. The maximum absolute atomic E-state index is 13.4. The SMILES string of the molecule is Cc1cccc([C@@H](CO)CNC(=O)[C@@H](C)N2Cc3ccc(-c4nc(NC5CCOCC5)ncc4C)cc3C2=O)c1. The molecule has 2 aliphatic heterocycles. The molecule has 9 nitrogen and oxygen atoms in total. The molecule has 40 heavy (non-hydrogen) atoms. The standard InChI is InChI=1S/C31H37N5O4/c1-19-5-4-6-22(13-19)25(18-37)16-32-29(38)21(3)36-17-24-8-7-23(14-27(24)30(36)39)28-20(2)15-33-31(35-28)34-26-9-11-40-12-10-26/h4-8,13-15,21,25-26,37H,9-12,16-18H2,1-3H3,(H,32,38)(H,33,34,35)/t21-,25-/m1/s1. The zero-order valence-corrected chi connectivity index (χ0v) is 23.3. The molecule has 2 atom stereocenters. The first-order valence-electron chi connectivity index (χ1n) is 13.9. The highest BCUT2D eigenvalue weighted by molar-refractivity contribution is 6.02. The van der Waals surface area contributed by atoms with Crippen LogP contribution in [0.4, 0.5) is 5.95 Å². The fourth-order valence-corrected chi connectivity index (χ4v) is 5.34. The Morgan fingerprint density at radius 2 is 1.98 bits per heavy atom. The molecule has 5 rings (SSSR count). The van der Waals surface area contributed by atoms with Crippen LogP contribution in [0, 0.1) is 13.8 Å². The van der Waals surface area contributed by atoms with Gasteiger partial charge in [0.1, 0.15) is 6.04 Å². The molecule has 2 amide bonds. The third-order valence-corrected chi connectivity index (χ3v) is 7.85. The molecule has 210 valence electrons. The summed E-state index contributed by atoms with van der Waals surface area (Å²) < 4.78 is 5.44. The normalized spacial score (nSPS) is 16.9. The van der Waals surface area contributed by atoms with Crippen LogP contribution in [-0.4, -0.2) is 70.2 Å². The molecule has 2 aliphatic rings. The van der Waals surface area contributed by atoms with E-state index < -0.39 is 6.04 Å². The maximum atomic E-state index is 13.4. The van der Waals surface area contributed by atoms with Crippen molar-refractivity contribution in [1.82, 2.24) is 20.2 Å². The van der Waals surface area contributed by atoms with Gasteiger partial charge in [-0.2, -0.15) is 0 Å². The third-order valence-electron chi connectivity index (χ3n) is 7.85. The number of nitrogens with one attached hydrogen (secondary N) is 2. The van der Waals surface area contributed by atoms with Gasteiger partial charge < -0.3 is 25.4 Å². The van der Waals surface area contributed by atoms with E-state index in [2.05, 4.69) is 15.6 Å². The van der Waals surface area contributed by atoms with Gasteiger partial charge in [0.05, 0.1) is 12.3 Å². The summed E-state index contributed by atoms with van der Waals surface area (Å²) in [5.41, 5.74) is 6.06. The molecular weight excluding hydrogens is 506 g/mol. The number of ether oxygens (including phenoxy) is 1. The lowest BCUT2D eigenvalue weighted by atomic mass is 9.98. The number of aryl methyl sites for hydroxylation is 2. The summed E-state index contributed by atoms with van der Waals surface area (Å²) in [5.74, 6) is -0.0720. The largest absolute Gasteiger partial charge is 0.396 e. The topological polar surface area (TPSA) is 117 Å². The Labute approximate surface area is 235 Å². The van der Waals surface area contributed by atoms with Crippen LogP contribution in [0.3, 0.4) is 0 Å². The number of amides is 2. The fraction of sp³-hybridized carbons (Fsp3) is 0.419. The van der Waals surface area contributed by atoms with E-state index in [-0.39, 0.29) is 30.4 Å². The molecule has 1 aromatic heterocycles. The van der Waals surface area contributed by atoms with Crippen LogP contribution in [0.25, 0.3) is 11.3 Å². The molecule has 0 unspecified atom stereocenters. The van der Waals surface area contributed by atoms with Crippen molar-refractivity contribution in [1.29, 1.82) is 0 Å². The molecular formula is C31H37N5O4. The van der Waals surface area contributed by atoms with Crippen LogP contribution in [0.1, 0.15) is 58.3 Å². The van der Waals surface area contributed by atoms with Gasteiger partial charge in [-0.3, -0.25) is 9.59 Å². The van der Waals surface area contributed by atoms with Crippen LogP contribution in [0.15, 0.2) is 48.7 Å². The lowest BCUT2D eigenvalue weighted by Gasteiger charge is -2.24. The Bertz CT molecular complexity index is 1390. The summed E-state index contributed by atoms with van der Waals surface area (Å²) in [5, 5.41) is 16.2. The lowest BCUT2D eigenvalue weighted by molar-refractivity contribution is -0.125. The average Bonchev–Trinajstić information content (AvgIpc) is 3.30. The van der Waals surface area contributed by atoms with E-state index >= 15 is 0 Å². The second-order valence-electron chi connectivity index (χ2n) is 10.8. The number of aliphatic hydroxyl groups excluding tert-OH is 1. The summed E-state index contributed by atoms with van der Waals surface area (Å²) in [7, 11) is 0. The van der Waals surface area contributed by atoms with Gasteiger partial charge in [-0.15, -0.1) is 0 Å². The van der Waals surface area contributed by atoms with Crippen molar-refractivity contribution in [2.45, 2.75) is 58.2 Å². The lowest BCUT2D eigenvalue weighted by Crippen LogP contribution is -2.46. The van der Waals surface area contributed by atoms with Crippen molar-refractivity contribution in [2.24, 2.45) is 0 Å². The van der Waals surface area contributed by atoms with Crippen molar-refractivity contribution < 1.29 is 19.4 Å². The van der Waals surface area contributed by atoms with Crippen molar-refractivity contribution in [3.63, 3.8) is 0 Å². The first-order valence-corrected chi connectivity index (χ1v) is 13.9. The average molecular weight is 544 g/mol. The molecule has 2 aromatic carbocycles. The molecule has 0 aliphatic carbocycles. The van der Waals surface area contributed by atoms with Gasteiger partial charge in [-0.1, -0.05) is 42.0 Å². The van der Waals surface area contributed by atoms with Crippen LogP contribution in [-0.2, 0) is 16.1 Å². The van der Waals surface area contributed by atoms with Gasteiger partial charge in [0.25, 0.3) is 5.91 Å². The van der Waals surface area contributed by atoms with Crippen molar-refractivity contribution in [3.05, 3.63) is 76.5 Å². The highest BCUT2D eigenvalue weighted by Crippen LogP contribution is 2.31. The summed E-state index contributed by atoms with van der Waals surface area (Å²) in [6, 6.07) is 13.3. The molecule has 1 saturated heterocycles. The van der Waals surface area contributed by atoms with E-state index in [0.29, 0.717) is 24.6 Å². The second kappa shape index (κ2) is 12.1. The molecule has 0 radical (unpaired) electrons. The number of nitrogens with zero attached hydrogens (tertiary/aromatic N) is 3. The number of hydrogen-bond donors (Lipinski definition) is 3. The minimum absolute atomic E-state index is 0.0796. The quantitative estimate of drug-likeness (QED) is 0.378. The van der Waals surface area contributed by atoms with Crippen molar-refractivity contribution >= 4 is 17.8 Å². The van der Waals surface area contributed by atoms with Gasteiger partial charge >= 0.3 is 0 Å². The van der Waals surface area contributed by atoms with Crippen LogP contribution in [0.5, 0.6) is 0 Å².